The van der Waals surface area contributed by atoms with Crippen molar-refractivity contribution in [2.75, 3.05) is 6.61 Å². The van der Waals surface area contributed by atoms with Crippen LogP contribution in [0.2, 0.25) is 0 Å². The Kier molecular flexibility index (Phi) is 10.8. The van der Waals surface area contributed by atoms with Crippen molar-refractivity contribution in [2.24, 2.45) is 22.7 Å². The molecule has 0 radical (unpaired) electrons. The highest BCUT2D eigenvalue weighted by Crippen LogP contribution is 2.71. The minimum absolute atomic E-state index is 0.103. The Balaban J connectivity index is 0.966. The monoisotopic (exact) mass is 578 g/mol. The van der Waals surface area contributed by atoms with E-state index in [0.29, 0.717) is 18.3 Å². The van der Waals surface area contributed by atoms with Crippen LogP contribution in [0.3, 0.4) is 0 Å². The van der Waals surface area contributed by atoms with E-state index in [2.05, 4.69) is 44.2 Å². The fourth-order valence-electron chi connectivity index (χ4n) is 9.66. The van der Waals surface area contributed by atoms with Crippen LogP contribution in [0, 0.1) is 22.7 Å². The van der Waals surface area contributed by atoms with Crippen LogP contribution in [0.5, 0.6) is 0 Å². The van der Waals surface area contributed by atoms with Gasteiger partial charge in [-0.15, -0.1) is 0 Å². The third-order valence-electron chi connectivity index (χ3n) is 11.9. The molecule has 0 aliphatic heterocycles. The SMILES string of the molecule is CCCCCCCC/C=C/CCCCCCCC(=O)OCC1(O)CC23CCC4c5ccoc5C=CC4(C)C2CCC1C3. The number of aliphatic hydroxyl groups is 1. The van der Waals surface area contributed by atoms with E-state index in [1.54, 1.807) is 0 Å². The number of furan rings is 1. The summed E-state index contributed by atoms with van der Waals surface area (Å²) in [5, 5.41) is 11.8. The van der Waals surface area contributed by atoms with Crippen LogP contribution in [0.15, 0.2) is 35.0 Å². The first-order valence-electron chi connectivity index (χ1n) is 17.7. The van der Waals surface area contributed by atoms with Gasteiger partial charge in [0.05, 0.1) is 6.26 Å². The van der Waals surface area contributed by atoms with Crippen LogP contribution in [-0.2, 0) is 9.53 Å². The lowest BCUT2D eigenvalue weighted by Gasteiger charge is -2.58. The number of fused-ring (bicyclic) bond motifs is 5. The Hall–Kier alpha value is -1.81. The van der Waals surface area contributed by atoms with Crippen LogP contribution >= 0.6 is 0 Å². The average molecular weight is 579 g/mol. The summed E-state index contributed by atoms with van der Waals surface area (Å²) in [6.45, 7) is 4.90. The molecule has 1 N–H and O–H groups in total. The molecule has 5 rings (SSSR count). The molecule has 4 nitrogen and oxygen atoms in total. The molecule has 6 unspecified atom stereocenters. The van der Waals surface area contributed by atoms with E-state index in [4.69, 9.17) is 9.15 Å². The zero-order valence-electron chi connectivity index (χ0n) is 26.7. The molecule has 42 heavy (non-hydrogen) atoms. The molecule has 3 saturated carbocycles. The van der Waals surface area contributed by atoms with Crippen LogP contribution in [0.25, 0.3) is 6.08 Å². The Morgan fingerprint density at radius 1 is 1.00 bits per heavy atom. The van der Waals surface area contributed by atoms with Gasteiger partial charge in [0.15, 0.2) is 0 Å². The van der Waals surface area contributed by atoms with Gasteiger partial charge in [-0.05, 0) is 111 Å². The summed E-state index contributed by atoms with van der Waals surface area (Å²) in [4.78, 5) is 12.6. The predicted molar refractivity (Wildman–Crippen MR) is 171 cm³/mol. The van der Waals surface area contributed by atoms with E-state index in [1.165, 1.54) is 76.2 Å². The van der Waals surface area contributed by atoms with Gasteiger partial charge in [-0.25, -0.2) is 0 Å². The van der Waals surface area contributed by atoms with Crippen LogP contribution in [0.1, 0.15) is 160 Å². The zero-order chi connectivity index (χ0) is 29.5. The summed E-state index contributed by atoms with van der Waals surface area (Å²) in [6, 6.07) is 2.17. The summed E-state index contributed by atoms with van der Waals surface area (Å²) >= 11 is 0. The van der Waals surface area contributed by atoms with Crippen molar-refractivity contribution < 1.29 is 19.1 Å². The topological polar surface area (TPSA) is 59.7 Å². The summed E-state index contributed by atoms with van der Waals surface area (Å²) in [5.41, 5.74) is 0.765. The molecule has 4 aliphatic carbocycles. The predicted octanol–water partition coefficient (Wildman–Crippen LogP) is 10.3. The molecular formula is C38H58O4. The van der Waals surface area contributed by atoms with Crippen molar-refractivity contribution in [1.82, 2.24) is 0 Å². The highest BCUT2D eigenvalue weighted by molar-refractivity contribution is 5.69. The zero-order valence-corrected chi connectivity index (χ0v) is 26.7. The van der Waals surface area contributed by atoms with E-state index in [9.17, 15) is 9.90 Å². The molecule has 2 bridgehead atoms. The second kappa shape index (κ2) is 14.3. The maximum Gasteiger partial charge on any atom is 0.305 e. The van der Waals surface area contributed by atoms with Gasteiger partial charge >= 0.3 is 5.97 Å². The Morgan fingerprint density at radius 2 is 1.71 bits per heavy atom. The Morgan fingerprint density at radius 3 is 2.48 bits per heavy atom. The number of carbonyl (C=O) groups is 1. The second-order valence-corrected chi connectivity index (χ2v) is 14.7. The number of esters is 1. The van der Waals surface area contributed by atoms with Crippen molar-refractivity contribution in [3.05, 3.63) is 41.9 Å². The molecule has 0 saturated heterocycles. The van der Waals surface area contributed by atoms with Crippen molar-refractivity contribution in [2.45, 2.75) is 154 Å². The molecule has 0 aromatic carbocycles. The number of carbonyl (C=O) groups excluding carboxylic acids is 1. The van der Waals surface area contributed by atoms with Gasteiger partial charge in [0.25, 0.3) is 0 Å². The molecule has 6 atom stereocenters. The third-order valence-corrected chi connectivity index (χ3v) is 11.9. The van der Waals surface area contributed by atoms with Crippen molar-refractivity contribution in [3.63, 3.8) is 0 Å². The Labute approximate surface area is 255 Å². The minimum Gasteiger partial charge on any atom is -0.465 e. The number of ether oxygens (including phenoxy) is 1. The normalized spacial score (nSPS) is 33.0. The molecule has 4 heteroatoms. The van der Waals surface area contributed by atoms with Crippen LogP contribution < -0.4 is 0 Å². The first kappa shape index (κ1) is 31.6. The number of hydrogen-bond donors (Lipinski definition) is 1. The highest BCUT2D eigenvalue weighted by atomic mass is 16.5. The van der Waals surface area contributed by atoms with Crippen molar-refractivity contribution in [3.8, 4) is 0 Å². The van der Waals surface area contributed by atoms with E-state index in [-0.39, 0.29) is 29.3 Å². The van der Waals surface area contributed by atoms with Gasteiger partial charge in [0, 0.05) is 12.0 Å². The smallest absolute Gasteiger partial charge is 0.305 e. The van der Waals surface area contributed by atoms with Gasteiger partial charge in [-0.3, -0.25) is 4.79 Å². The first-order chi connectivity index (χ1) is 20.4. The quantitative estimate of drug-likeness (QED) is 0.113. The number of unbranched alkanes of at least 4 members (excludes halogenated alkanes) is 11. The molecule has 1 aromatic rings. The lowest BCUT2D eigenvalue weighted by molar-refractivity contribution is -0.154. The molecule has 0 amide bonds. The van der Waals surface area contributed by atoms with Crippen molar-refractivity contribution in [1.29, 1.82) is 0 Å². The molecule has 234 valence electrons. The third kappa shape index (κ3) is 6.95. The van der Waals surface area contributed by atoms with Crippen molar-refractivity contribution >= 4 is 12.0 Å². The molecular weight excluding hydrogens is 520 g/mol. The minimum atomic E-state index is -0.866. The average Bonchev–Trinajstić information content (AvgIpc) is 3.54. The lowest BCUT2D eigenvalue weighted by Crippen LogP contribution is -2.49. The molecule has 4 aliphatic rings. The van der Waals surface area contributed by atoms with E-state index in [0.717, 1.165) is 57.1 Å². The van der Waals surface area contributed by atoms with Crippen LogP contribution in [0.4, 0.5) is 0 Å². The van der Waals surface area contributed by atoms with Gasteiger partial charge in [0.2, 0.25) is 0 Å². The molecule has 1 spiro atoms. The Bertz CT molecular complexity index is 1070. The van der Waals surface area contributed by atoms with E-state index in [1.807, 2.05) is 6.26 Å². The fourth-order valence-corrected chi connectivity index (χ4v) is 9.66. The van der Waals surface area contributed by atoms with Crippen LogP contribution in [-0.4, -0.2) is 23.3 Å². The summed E-state index contributed by atoms with van der Waals surface area (Å²) in [6.07, 6.45) is 34.2. The second-order valence-electron chi connectivity index (χ2n) is 14.7. The summed E-state index contributed by atoms with van der Waals surface area (Å²) in [7, 11) is 0. The lowest BCUT2D eigenvalue weighted by atomic mass is 9.46. The van der Waals surface area contributed by atoms with E-state index < -0.39 is 5.60 Å². The number of rotatable bonds is 17. The summed E-state index contributed by atoms with van der Waals surface area (Å²) in [5.74, 6) is 2.21. The maximum absolute atomic E-state index is 12.6. The van der Waals surface area contributed by atoms with Gasteiger partial charge in [-0.1, -0.05) is 83.4 Å². The highest BCUT2D eigenvalue weighted by Gasteiger charge is 2.65. The fraction of sp³-hybridized carbons (Fsp3) is 0.763. The maximum atomic E-state index is 12.6. The van der Waals surface area contributed by atoms with Gasteiger partial charge in [0.1, 0.15) is 18.0 Å². The first-order valence-corrected chi connectivity index (χ1v) is 17.7. The number of allylic oxidation sites excluding steroid dienone is 3. The number of hydrogen-bond acceptors (Lipinski definition) is 4. The standard InChI is InChI=1S/C38H58O4/c1-3-4-5-6-7-8-9-10-11-12-13-14-15-16-17-18-35(39)42-29-38(40)28-37-25-21-32-31-23-26-41-33(31)22-24-36(32,2)34(37)20-19-30(38)27-37/h10-11,22-24,26,30,32,34,40H,3-9,12-21,25,27-29H2,1-2H3/b11-10+. The summed E-state index contributed by atoms with van der Waals surface area (Å²) < 4.78 is 11.5. The molecule has 1 aromatic heterocycles. The van der Waals surface area contributed by atoms with Gasteiger partial charge in [-0.2, -0.15) is 0 Å². The van der Waals surface area contributed by atoms with Gasteiger partial charge < -0.3 is 14.3 Å². The molecule has 1 heterocycles. The van der Waals surface area contributed by atoms with E-state index >= 15 is 0 Å². The molecule has 3 fully saturated rings. The largest absolute Gasteiger partial charge is 0.465 e.